The molecule has 0 aliphatic carbocycles. The monoisotopic (exact) mass is 668 g/mol. The van der Waals surface area contributed by atoms with Gasteiger partial charge in [0.25, 0.3) is 0 Å². The lowest BCUT2D eigenvalue weighted by molar-refractivity contribution is 0.00337. The molecule has 1 saturated heterocycles. The Balaban J connectivity index is 1.73. The van der Waals surface area contributed by atoms with E-state index in [-0.39, 0.29) is 26.3 Å². The highest BCUT2D eigenvalue weighted by molar-refractivity contribution is 5.71. The Morgan fingerprint density at radius 2 is 0.979 bits per heavy atom. The third-order valence-corrected chi connectivity index (χ3v) is 7.34. The minimum Gasteiger partial charge on any atom is -0.445 e. The average Bonchev–Trinajstić information content (AvgIpc) is 3.02. The molecule has 12 heteroatoms. The maximum Gasteiger partial charge on any atom is 0.410 e. The molecule has 0 aromatic heterocycles. The summed E-state index contributed by atoms with van der Waals surface area (Å²) in [6.07, 6.45) is 0.0363. The average molecular weight is 669 g/mol. The van der Waals surface area contributed by atoms with Crippen molar-refractivity contribution in [2.24, 2.45) is 0 Å². The summed E-state index contributed by atoms with van der Waals surface area (Å²) in [5.74, 6) is 0. The van der Waals surface area contributed by atoms with E-state index in [4.69, 9.17) is 18.9 Å². The number of alkyl carbamates (subject to hydrolysis) is 2. The van der Waals surface area contributed by atoms with Crippen molar-refractivity contribution in [3.8, 4) is 0 Å². The summed E-state index contributed by atoms with van der Waals surface area (Å²) in [6.45, 7) is 12.1. The maximum atomic E-state index is 13.6. The Bertz CT molecular complexity index is 1210. The highest BCUT2D eigenvalue weighted by Crippen LogP contribution is 2.24. The van der Waals surface area contributed by atoms with Crippen LogP contribution in [0.15, 0.2) is 60.7 Å². The number of nitrogens with zero attached hydrogens (tertiary/aromatic N) is 2. The lowest BCUT2D eigenvalue weighted by atomic mass is 10.00. The number of benzene rings is 2. The first kappa shape index (κ1) is 38.0. The van der Waals surface area contributed by atoms with Crippen molar-refractivity contribution in [2.75, 3.05) is 26.2 Å². The predicted octanol–water partition coefficient (Wildman–Crippen LogP) is 6.62. The van der Waals surface area contributed by atoms with E-state index in [1.54, 1.807) is 51.3 Å². The van der Waals surface area contributed by atoms with E-state index in [0.29, 0.717) is 38.8 Å². The van der Waals surface area contributed by atoms with Gasteiger partial charge in [-0.25, -0.2) is 19.2 Å². The van der Waals surface area contributed by atoms with Crippen LogP contribution in [0.4, 0.5) is 19.2 Å². The Morgan fingerprint density at radius 3 is 1.31 bits per heavy atom. The molecule has 1 aliphatic rings. The molecule has 2 atom stereocenters. The Kier molecular flexibility index (Phi) is 14.4. The van der Waals surface area contributed by atoms with Crippen LogP contribution in [-0.4, -0.2) is 83.6 Å². The van der Waals surface area contributed by atoms with Gasteiger partial charge in [0.1, 0.15) is 24.4 Å². The lowest BCUT2D eigenvalue weighted by Gasteiger charge is -2.45. The van der Waals surface area contributed by atoms with E-state index in [2.05, 4.69) is 10.6 Å². The van der Waals surface area contributed by atoms with E-state index < -0.39 is 47.7 Å². The van der Waals surface area contributed by atoms with Crippen molar-refractivity contribution in [1.82, 2.24) is 20.4 Å². The standard InChI is InChI=1S/C36H52N4O8/c1-35(2,3)47-31(41)37-21-13-19-29-23-40(34(44)46-26-28-17-11-8-12-18-28)30(20-14-22-38-32(42)48-36(4,5)6)24-39(29)33(43)45-25-27-15-9-7-10-16-27/h7-12,15-18,29-30H,13-14,19-26H2,1-6H3,(H,37,41)(H,38,42). The summed E-state index contributed by atoms with van der Waals surface area (Å²) in [5.41, 5.74) is 0.476. The van der Waals surface area contributed by atoms with Gasteiger partial charge < -0.3 is 39.4 Å². The second-order valence-corrected chi connectivity index (χ2v) is 13.8. The van der Waals surface area contributed by atoms with E-state index in [1.165, 1.54) is 0 Å². The molecule has 0 radical (unpaired) electrons. The second kappa shape index (κ2) is 18.2. The lowest BCUT2D eigenvalue weighted by Crippen LogP contribution is -2.61. The minimum absolute atomic E-state index is 0.108. The van der Waals surface area contributed by atoms with Gasteiger partial charge in [-0.05, 0) is 78.4 Å². The van der Waals surface area contributed by atoms with Crippen molar-refractivity contribution >= 4 is 24.4 Å². The largest absolute Gasteiger partial charge is 0.445 e. The SMILES string of the molecule is CC(C)(C)OC(=O)NCCCC1CN(C(=O)OCc2ccccc2)C(CCCNC(=O)OC(C)(C)C)CN1C(=O)OCc1ccccc1. The third kappa shape index (κ3) is 14.1. The van der Waals surface area contributed by atoms with Gasteiger partial charge in [-0.2, -0.15) is 0 Å². The van der Waals surface area contributed by atoms with Crippen molar-refractivity contribution in [3.05, 3.63) is 71.8 Å². The van der Waals surface area contributed by atoms with Gasteiger partial charge in [-0.1, -0.05) is 60.7 Å². The summed E-state index contributed by atoms with van der Waals surface area (Å²) in [5, 5.41) is 5.52. The van der Waals surface area contributed by atoms with E-state index in [9.17, 15) is 19.2 Å². The van der Waals surface area contributed by atoms with E-state index >= 15 is 0 Å². The van der Waals surface area contributed by atoms with Crippen LogP contribution in [-0.2, 0) is 32.2 Å². The van der Waals surface area contributed by atoms with E-state index in [1.807, 2.05) is 60.7 Å². The Hall–Kier alpha value is -4.48. The maximum absolute atomic E-state index is 13.6. The number of rotatable bonds is 12. The molecule has 264 valence electrons. The molecule has 2 aromatic rings. The molecule has 48 heavy (non-hydrogen) atoms. The van der Waals surface area contributed by atoms with Crippen molar-refractivity contribution < 1.29 is 38.1 Å². The van der Waals surface area contributed by atoms with Crippen molar-refractivity contribution in [1.29, 1.82) is 0 Å². The number of carbonyl (C=O) groups excluding carboxylic acids is 4. The van der Waals surface area contributed by atoms with Gasteiger partial charge >= 0.3 is 24.4 Å². The minimum atomic E-state index is -0.620. The predicted molar refractivity (Wildman–Crippen MR) is 181 cm³/mol. The molecule has 1 aliphatic heterocycles. The first-order valence-corrected chi connectivity index (χ1v) is 16.6. The molecular weight excluding hydrogens is 616 g/mol. The van der Waals surface area contributed by atoms with Gasteiger partial charge in [-0.15, -0.1) is 0 Å². The van der Waals surface area contributed by atoms with Crippen LogP contribution in [0.1, 0.15) is 78.4 Å². The topological polar surface area (TPSA) is 136 Å². The molecular formula is C36H52N4O8. The summed E-state index contributed by atoms with van der Waals surface area (Å²) in [7, 11) is 0. The van der Waals surface area contributed by atoms with Gasteiger partial charge in [-0.3, -0.25) is 0 Å². The Labute approximate surface area is 284 Å². The fourth-order valence-corrected chi connectivity index (χ4v) is 5.18. The molecule has 3 rings (SSSR count). The number of piperazine rings is 1. The number of amides is 4. The van der Waals surface area contributed by atoms with Gasteiger partial charge in [0.05, 0.1) is 12.1 Å². The van der Waals surface area contributed by atoms with Crippen LogP contribution in [0.3, 0.4) is 0 Å². The summed E-state index contributed by atoms with van der Waals surface area (Å²) >= 11 is 0. The number of carbonyl (C=O) groups is 4. The van der Waals surface area contributed by atoms with Gasteiger partial charge in [0.15, 0.2) is 0 Å². The summed E-state index contributed by atoms with van der Waals surface area (Å²) in [6, 6.07) is 18.1. The fourth-order valence-electron chi connectivity index (χ4n) is 5.18. The van der Waals surface area contributed by atoms with Gasteiger partial charge in [0.2, 0.25) is 0 Å². The molecule has 2 unspecified atom stereocenters. The smallest absolute Gasteiger partial charge is 0.410 e. The summed E-state index contributed by atoms with van der Waals surface area (Å²) in [4.78, 5) is 54.9. The normalized spacial score (nSPS) is 16.5. The van der Waals surface area contributed by atoms with Crippen LogP contribution in [0.25, 0.3) is 0 Å². The number of ether oxygens (including phenoxy) is 4. The molecule has 0 spiro atoms. The first-order chi connectivity index (χ1) is 22.7. The molecule has 2 N–H and O–H groups in total. The molecule has 2 aromatic carbocycles. The van der Waals surface area contributed by atoms with Crippen LogP contribution in [0.2, 0.25) is 0 Å². The van der Waals surface area contributed by atoms with Crippen LogP contribution in [0, 0.1) is 0 Å². The number of hydrogen-bond acceptors (Lipinski definition) is 8. The van der Waals surface area contributed by atoms with Crippen molar-refractivity contribution in [2.45, 2.75) is 104 Å². The molecule has 1 fully saturated rings. The van der Waals surface area contributed by atoms with Crippen LogP contribution >= 0.6 is 0 Å². The number of nitrogens with one attached hydrogen (secondary N) is 2. The zero-order chi connectivity index (χ0) is 35.2. The van der Waals surface area contributed by atoms with Gasteiger partial charge in [0, 0.05) is 26.2 Å². The highest BCUT2D eigenvalue weighted by Gasteiger charge is 2.39. The fraction of sp³-hybridized carbons (Fsp3) is 0.556. The third-order valence-electron chi connectivity index (χ3n) is 7.34. The quantitative estimate of drug-likeness (QED) is 0.190. The molecule has 1 heterocycles. The van der Waals surface area contributed by atoms with Crippen LogP contribution in [0.5, 0.6) is 0 Å². The zero-order valence-electron chi connectivity index (χ0n) is 29.2. The molecule has 0 saturated carbocycles. The second-order valence-electron chi connectivity index (χ2n) is 13.8. The first-order valence-electron chi connectivity index (χ1n) is 16.6. The number of hydrogen-bond donors (Lipinski definition) is 2. The molecule has 12 nitrogen and oxygen atoms in total. The van der Waals surface area contributed by atoms with Crippen LogP contribution < -0.4 is 10.6 Å². The van der Waals surface area contributed by atoms with Crippen molar-refractivity contribution in [3.63, 3.8) is 0 Å². The summed E-state index contributed by atoms with van der Waals surface area (Å²) < 4.78 is 22.2. The Morgan fingerprint density at radius 1 is 0.625 bits per heavy atom. The molecule has 4 amide bonds. The van der Waals surface area contributed by atoms with E-state index in [0.717, 1.165) is 11.1 Å². The highest BCUT2D eigenvalue weighted by atomic mass is 16.6. The molecule has 0 bridgehead atoms. The zero-order valence-corrected chi connectivity index (χ0v) is 29.2.